The highest BCUT2D eigenvalue weighted by Crippen LogP contribution is 2.17. The van der Waals surface area contributed by atoms with E-state index in [1.807, 2.05) is 18.2 Å². The number of likely N-dealkylation sites (N-methyl/N-ethyl adjacent to an activating group) is 1. The smallest absolute Gasteiger partial charge is 0.249 e. The number of aryl methyl sites for hydroxylation is 1. The monoisotopic (exact) mass is 335 g/mol. The fraction of sp³-hybridized carbons (Fsp3) is 0.312. The predicted octanol–water partition coefficient (Wildman–Crippen LogP) is 2.04. The van der Waals surface area contributed by atoms with E-state index >= 15 is 0 Å². The Morgan fingerprint density at radius 2 is 2.04 bits per heavy atom. The van der Waals surface area contributed by atoms with E-state index < -0.39 is 11.9 Å². The Morgan fingerprint density at radius 3 is 2.61 bits per heavy atom. The van der Waals surface area contributed by atoms with Crippen LogP contribution in [0.5, 0.6) is 0 Å². The minimum Gasteiger partial charge on any atom is -0.361 e. The van der Waals surface area contributed by atoms with Crippen molar-refractivity contribution in [3.63, 3.8) is 0 Å². The van der Waals surface area contributed by atoms with Crippen LogP contribution in [0, 0.1) is 6.92 Å². The molecule has 6 nitrogen and oxygen atoms in total. The maximum Gasteiger partial charge on any atom is 0.249 e. The van der Waals surface area contributed by atoms with Gasteiger partial charge >= 0.3 is 0 Å². The third kappa shape index (κ3) is 4.56. The first kappa shape index (κ1) is 17.0. The first-order valence-corrected chi connectivity index (χ1v) is 7.62. The second-order valence-electron chi connectivity index (χ2n) is 5.17. The van der Waals surface area contributed by atoms with E-state index in [1.54, 1.807) is 32.2 Å². The van der Waals surface area contributed by atoms with Crippen LogP contribution in [0.25, 0.3) is 0 Å². The Bertz CT molecular complexity index is 672. The van der Waals surface area contributed by atoms with Crippen LogP contribution >= 0.6 is 11.6 Å². The molecule has 122 valence electrons. The van der Waals surface area contributed by atoms with E-state index in [0.29, 0.717) is 17.0 Å². The molecule has 2 amide bonds. The summed E-state index contributed by atoms with van der Waals surface area (Å²) in [5, 5.41) is 6.52. The van der Waals surface area contributed by atoms with E-state index in [1.165, 1.54) is 4.90 Å². The lowest BCUT2D eigenvalue weighted by Crippen LogP contribution is -2.41. The van der Waals surface area contributed by atoms with Gasteiger partial charge in [-0.2, -0.15) is 0 Å². The van der Waals surface area contributed by atoms with Crippen molar-refractivity contribution in [3.05, 3.63) is 53.4 Å². The van der Waals surface area contributed by atoms with E-state index in [9.17, 15) is 9.59 Å². The summed E-state index contributed by atoms with van der Waals surface area (Å²) in [4.78, 5) is 25.8. The largest absolute Gasteiger partial charge is 0.361 e. The van der Waals surface area contributed by atoms with Gasteiger partial charge in [0.1, 0.15) is 23.4 Å². The van der Waals surface area contributed by atoms with Crippen molar-refractivity contribution >= 4 is 23.4 Å². The van der Waals surface area contributed by atoms with E-state index in [2.05, 4.69) is 10.5 Å². The van der Waals surface area contributed by atoms with Crippen molar-refractivity contribution in [1.29, 1.82) is 0 Å². The molecule has 23 heavy (non-hydrogen) atoms. The van der Waals surface area contributed by atoms with Gasteiger partial charge in [0, 0.05) is 13.1 Å². The minimum atomic E-state index is -0.791. The van der Waals surface area contributed by atoms with Gasteiger partial charge in [-0.25, -0.2) is 0 Å². The SMILES string of the molecule is Cc1cc(CN(C)C(=O)C(NC(=O)CCl)c2ccccc2)no1. The third-order valence-electron chi connectivity index (χ3n) is 3.26. The molecule has 0 aliphatic carbocycles. The Labute approximate surface area is 139 Å². The number of hydrogen-bond acceptors (Lipinski definition) is 4. The number of nitrogens with zero attached hydrogens (tertiary/aromatic N) is 2. The minimum absolute atomic E-state index is 0.206. The second kappa shape index (κ2) is 7.78. The molecule has 1 heterocycles. The molecule has 1 aromatic carbocycles. The highest BCUT2D eigenvalue weighted by atomic mass is 35.5. The molecule has 1 atom stereocenters. The van der Waals surface area contributed by atoms with Crippen LogP contribution in [0.1, 0.15) is 23.1 Å². The van der Waals surface area contributed by atoms with Crippen molar-refractivity contribution in [2.24, 2.45) is 0 Å². The lowest BCUT2D eigenvalue weighted by atomic mass is 10.1. The van der Waals surface area contributed by atoms with Crippen LogP contribution in [-0.4, -0.2) is 34.8 Å². The number of alkyl halides is 1. The molecule has 0 bridgehead atoms. The molecule has 0 fully saturated rings. The van der Waals surface area contributed by atoms with Gasteiger partial charge in [0.15, 0.2) is 0 Å². The highest BCUT2D eigenvalue weighted by molar-refractivity contribution is 6.27. The standard InChI is InChI=1S/C16H18ClN3O3/c1-11-8-13(19-23-11)10-20(2)16(22)15(18-14(21)9-17)12-6-4-3-5-7-12/h3-8,15H,9-10H2,1-2H3,(H,18,21). The Hall–Kier alpha value is -2.34. The summed E-state index contributed by atoms with van der Waals surface area (Å²) >= 11 is 5.54. The normalized spacial score (nSPS) is 11.8. The van der Waals surface area contributed by atoms with Gasteiger partial charge in [0.2, 0.25) is 11.8 Å². The van der Waals surface area contributed by atoms with Gasteiger partial charge in [-0.15, -0.1) is 11.6 Å². The Balaban J connectivity index is 2.16. The number of rotatable bonds is 6. The first-order chi connectivity index (χ1) is 11.0. The van der Waals surface area contributed by atoms with Gasteiger partial charge in [-0.1, -0.05) is 35.5 Å². The molecular weight excluding hydrogens is 318 g/mol. The number of carbonyl (C=O) groups excluding carboxylic acids is 2. The summed E-state index contributed by atoms with van der Waals surface area (Å²) < 4.78 is 5.00. The highest BCUT2D eigenvalue weighted by Gasteiger charge is 2.25. The number of hydrogen-bond donors (Lipinski definition) is 1. The topological polar surface area (TPSA) is 75.4 Å². The summed E-state index contributed by atoms with van der Waals surface area (Å²) in [6, 6.07) is 10.00. The third-order valence-corrected chi connectivity index (χ3v) is 3.50. The number of amides is 2. The van der Waals surface area contributed by atoms with Gasteiger partial charge in [-0.3, -0.25) is 9.59 Å². The van der Waals surface area contributed by atoms with Gasteiger partial charge in [0.05, 0.1) is 6.54 Å². The van der Waals surface area contributed by atoms with Gasteiger partial charge in [0.25, 0.3) is 0 Å². The lowest BCUT2D eigenvalue weighted by Gasteiger charge is -2.24. The van der Waals surface area contributed by atoms with Crippen molar-refractivity contribution in [2.75, 3.05) is 12.9 Å². The zero-order valence-corrected chi connectivity index (χ0v) is 13.7. The number of benzene rings is 1. The Kier molecular flexibility index (Phi) is 5.76. The zero-order valence-electron chi connectivity index (χ0n) is 13.0. The molecular formula is C16H18ClN3O3. The van der Waals surface area contributed by atoms with Crippen molar-refractivity contribution in [2.45, 2.75) is 19.5 Å². The fourth-order valence-electron chi connectivity index (χ4n) is 2.17. The van der Waals surface area contributed by atoms with Gasteiger partial charge in [-0.05, 0) is 12.5 Å². The second-order valence-corrected chi connectivity index (χ2v) is 5.44. The van der Waals surface area contributed by atoms with E-state index in [0.717, 1.165) is 0 Å². The molecule has 0 aliphatic heterocycles. The first-order valence-electron chi connectivity index (χ1n) is 7.08. The number of nitrogens with one attached hydrogen (secondary N) is 1. The predicted molar refractivity (Wildman–Crippen MR) is 85.8 cm³/mol. The molecule has 1 unspecified atom stereocenters. The van der Waals surface area contributed by atoms with Crippen molar-refractivity contribution in [1.82, 2.24) is 15.4 Å². The van der Waals surface area contributed by atoms with E-state index in [4.69, 9.17) is 16.1 Å². The van der Waals surface area contributed by atoms with E-state index in [-0.39, 0.29) is 18.3 Å². The number of halogens is 1. The lowest BCUT2D eigenvalue weighted by molar-refractivity contribution is -0.135. The van der Waals surface area contributed by atoms with Crippen LogP contribution in [0.15, 0.2) is 40.9 Å². The van der Waals surface area contributed by atoms with Crippen LogP contribution in [0.3, 0.4) is 0 Å². The summed E-state index contributed by atoms with van der Waals surface area (Å²) in [5.74, 6) is -0.186. The molecule has 0 aliphatic rings. The summed E-state index contributed by atoms with van der Waals surface area (Å²) in [7, 11) is 1.65. The molecule has 1 aromatic heterocycles. The quantitative estimate of drug-likeness (QED) is 0.820. The van der Waals surface area contributed by atoms with Crippen LogP contribution in [-0.2, 0) is 16.1 Å². The average molecular weight is 336 g/mol. The van der Waals surface area contributed by atoms with Crippen LogP contribution < -0.4 is 5.32 Å². The fourth-order valence-corrected chi connectivity index (χ4v) is 2.24. The molecule has 7 heteroatoms. The Morgan fingerprint density at radius 1 is 1.35 bits per heavy atom. The molecule has 0 radical (unpaired) electrons. The average Bonchev–Trinajstić information content (AvgIpc) is 2.97. The number of carbonyl (C=O) groups is 2. The summed E-state index contributed by atoms with van der Waals surface area (Å²) in [5.41, 5.74) is 1.34. The van der Waals surface area contributed by atoms with Crippen LogP contribution in [0.4, 0.5) is 0 Å². The molecule has 0 saturated heterocycles. The zero-order chi connectivity index (χ0) is 16.8. The van der Waals surface area contributed by atoms with Gasteiger partial charge < -0.3 is 14.7 Å². The molecule has 1 N–H and O–H groups in total. The van der Waals surface area contributed by atoms with Crippen molar-refractivity contribution in [3.8, 4) is 0 Å². The molecule has 2 rings (SSSR count). The molecule has 2 aromatic rings. The summed E-state index contributed by atoms with van der Waals surface area (Å²) in [6.45, 7) is 2.07. The van der Waals surface area contributed by atoms with Crippen molar-refractivity contribution < 1.29 is 14.1 Å². The molecule has 0 saturated carbocycles. The summed E-state index contributed by atoms with van der Waals surface area (Å²) in [6.07, 6.45) is 0. The maximum absolute atomic E-state index is 12.7. The maximum atomic E-state index is 12.7. The number of aromatic nitrogens is 1. The molecule has 0 spiro atoms. The van der Waals surface area contributed by atoms with Crippen LogP contribution in [0.2, 0.25) is 0 Å².